The molecule has 3 saturated heterocycles. The summed E-state index contributed by atoms with van der Waals surface area (Å²) in [6.07, 6.45) is 9.51. The second kappa shape index (κ2) is 15.6. The fourth-order valence-corrected chi connectivity index (χ4v) is 7.85. The Bertz CT molecular complexity index is 1910. The zero-order valence-electron chi connectivity index (χ0n) is 28.8. The number of carboxylic acid groups (broad SMARTS) is 1. The summed E-state index contributed by atoms with van der Waals surface area (Å²) in [4.78, 5) is 34.8. The first kappa shape index (κ1) is 35.8. The van der Waals surface area contributed by atoms with Gasteiger partial charge in [-0.25, -0.2) is 4.79 Å². The van der Waals surface area contributed by atoms with Crippen molar-refractivity contribution in [2.45, 2.75) is 50.7 Å². The maximum atomic E-state index is 13.9. The zero-order valence-corrected chi connectivity index (χ0v) is 30.3. The van der Waals surface area contributed by atoms with E-state index in [0.717, 1.165) is 43.5 Å². The van der Waals surface area contributed by atoms with Crippen LogP contribution in [0.2, 0.25) is 10.0 Å². The minimum absolute atomic E-state index is 0.0341. The van der Waals surface area contributed by atoms with E-state index in [1.807, 2.05) is 12.1 Å². The van der Waals surface area contributed by atoms with Crippen molar-refractivity contribution in [2.24, 2.45) is 11.8 Å². The van der Waals surface area contributed by atoms with Crippen LogP contribution in [0, 0.1) is 11.8 Å². The highest BCUT2D eigenvalue weighted by atomic mass is 35.5. The molecule has 4 aromatic rings. The number of carbonyl (C=O) groups excluding carboxylic acids is 2. The monoisotopic (exact) mass is 746 g/mol. The van der Waals surface area contributed by atoms with Gasteiger partial charge in [0.15, 0.2) is 11.5 Å². The molecule has 2 aromatic heterocycles. The van der Waals surface area contributed by atoms with E-state index in [4.69, 9.17) is 37.4 Å². The molecule has 13 heteroatoms. The molecule has 2 bridgehead atoms. The SMILES string of the molecule is COc1ccc([C@@H](Cc2c(Cl)c[n+](O)cc2Cl)c2cc(CN(C(=O)O[C@H]3CN4CCC3CC4)c3cccnc3)ccc2C(=O)[O-])cc1OCC1CC1. The van der Waals surface area contributed by atoms with Crippen LogP contribution in [0.5, 0.6) is 11.5 Å². The molecule has 3 aliphatic heterocycles. The number of aromatic nitrogens is 2. The number of hydrogen-bond donors (Lipinski definition) is 1. The van der Waals surface area contributed by atoms with Crippen LogP contribution in [0.1, 0.15) is 64.2 Å². The third-order valence-corrected chi connectivity index (χ3v) is 11.0. The highest BCUT2D eigenvalue weighted by Gasteiger charge is 2.37. The Hall–Kier alpha value is -4.58. The zero-order chi connectivity index (χ0) is 36.4. The molecule has 1 amide bonds. The lowest BCUT2D eigenvalue weighted by Crippen LogP contribution is -2.53. The van der Waals surface area contributed by atoms with Gasteiger partial charge in [0, 0.05) is 34.5 Å². The summed E-state index contributed by atoms with van der Waals surface area (Å²) in [6.45, 7) is 3.35. The number of halogens is 2. The Kier molecular flexibility index (Phi) is 10.7. The summed E-state index contributed by atoms with van der Waals surface area (Å²) in [5.74, 6) is -0.133. The molecule has 2 aromatic carbocycles. The van der Waals surface area contributed by atoms with Crippen LogP contribution in [0.15, 0.2) is 73.3 Å². The van der Waals surface area contributed by atoms with Crippen molar-refractivity contribution in [3.05, 3.63) is 111 Å². The number of benzene rings is 2. The number of fused-ring (bicyclic) bond motifs is 3. The van der Waals surface area contributed by atoms with Crippen molar-refractivity contribution >= 4 is 41.0 Å². The Morgan fingerprint density at radius 3 is 2.46 bits per heavy atom. The highest BCUT2D eigenvalue weighted by molar-refractivity contribution is 6.35. The van der Waals surface area contributed by atoms with E-state index in [2.05, 4.69) is 9.88 Å². The van der Waals surface area contributed by atoms with Gasteiger partial charge >= 0.3 is 6.09 Å². The van der Waals surface area contributed by atoms with Gasteiger partial charge in [-0.2, -0.15) is 0 Å². The molecule has 11 nitrogen and oxygen atoms in total. The molecule has 4 fully saturated rings. The van der Waals surface area contributed by atoms with E-state index < -0.39 is 18.0 Å². The Morgan fingerprint density at radius 1 is 1.06 bits per heavy atom. The van der Waals surface area contributed by atoms with Crippen LogP contribution in [0.3, 0.4) is 0 Å². The predicted molar refractivity (Wildman–Crippen MR) is 191 cm³/mol. The van der Waals surface area contributed by atoms with Crippen molar-refractivity contribution in [1.29, 1.82) is 0 Å². The number of piperidine rings is 3. The quantitative estimate of drug-likeness (QED) is 0.136. The molecule has 52 heavy (non-hydrogen) atoms. The van der Waals surface area contributed by atoms with E-state index in [9.17, 15) is 19.9 Å². The fraction of sp³-hybridized carbons (Fsp3) is 0.385. The van der Waals surface area contributed by atoms with Crippen LogP contribution < -0.4 is 24.2 Å². The Balaban J connectivity index is 1.28. The molecular formula is C39H40Cl2N4O7. The number of pyridine rings is 2. The van der Waals surface area contributed by atoms with E-state index >= 15 is 0 Å². The van der Waals surface area contributed by atoms with Crippen LogP contribution in [0.25, 0.3) is 0 Å². The second-order valence-electron chi connectivity index (χ2n) is 13.8. The van der Waals surface area contributed by atoms with Crippen molar-refractivity contribution in [3.63, 3.8) is 0 Å². The maximum absolute atomic E-state index is 13.9. The first-order valence-corrected chi connectivity index (χ1v) is 18.3. The molecule has 8 rings (SSSR count). The molecule has 4 aliphatic rings. The minimum Gasteiger partial charge on any atom is -0.545 e. The second-order valence-corrected chi connectivity index (χ2v) is 14.6. The van der Waals surface area contributed by atoms with Crippen LogP contribution in [-0.2, 0) is 17.7 Å². The number of nitrogens with zero attached hydrogens (tertiary/aromatic N) is 4. The number of amides is 1. The molecular weight excluding hydrogens is 707 g/mol. The van der Waals surface area contributed by atoms with Gasteiger partial charge in [0.25, 0.3) is 0 Å². The number of aromatic carboxylic acids is 1. The van der Waals surface area contributed by atoms with Gasteiger partial charge in [0.1, 0.15) is 16.1 Å². The average molecular weight is 748 g/mol. The Labute approximate surface area is 312 Å². The van der Waals surface area contributed by atoms with Gasteiger partial charge in [0.05, 0.1) is 38.1 Å². The number of carboxylic acids is 1. The maximum Gasteiger partial charge on any atom is 0.414 e. The van der Waals surface area contributed by atoms with E-state index in [0.29, 0.717) is 64.4 Å². The first-order valence-electron chi connectivity index (χ1n) is 17.5. The smallest absolute Gasteiger partial charge is 0.414 e. The number of carbonyl (C=O) groups is 2. The van der Waals surface area contributed by atoms with Gasteiger partial charge in [-0.1, -0.05) is 47.5 Å². The topological polar surface area (TPSA) is 128 Å². The molecule has 0 spiro atoms. The summed E-state index contributed by atoms with van der Waals surface area (Å²) < 4.78 is 18.7. The molecule has 0 radical (unpaired) electrons. The molecule has 1 aliphatic carbocycles. The lowest BCUT2D eigenvalue weighted by molar-refractivity contribution is -0.904. The van der Waals surface area contributed by atoms with Crippen LogP contribution in [0.4, 0.5) is 10.5 Å². The van der Waals surface area contributed by atoms with Crippen LogP contribution in [-0.4, -0.2) is 66.6 Å². The molecule has 5 heterocycles. The lowest BCUT2D eigenvalue weighted by atomic mass is 9.82. The van der Waals surface area contributed by atoms with Gasteiger partial charge in [-0.05, 0) is 98.0 Å². The molecule has 272 valence electrons. The summed E-state index contributed by atoms with van der Waals surface area (Å²) in [6, 6.07) is 14.0. The van der Waals surface area contributed by atoms with Gasteiger partial charge in [-0.15, -0.1) is 0 Å². The van der Waals surface area contributed by atoms with E-state index in [-0.39, 0.29) is 34.7 Å². The average Bonchev–Trinajstić information content (AvgIpc) is 3.98. The third-order valence-electron chi connectivity index (χ3n) is 10.3. The van der Waals surface area contributed by atoms with Crippen molar-refractivity contribution < 1.29 is 38.8 Å². The number of rotatable bonds is 13. The lowest BCUT2D eigenvalue weighted by Gasteiger charge is -2.44. The number of ether oxygens (including phenoxy) is 3. The first-order chi connectivity index (χ1) is 25.2. The predicted octanol–water partition coefficient (Wildman–Crippen LogP) is 5.69. The molecule has 1 N–H and O–H groups in total. The molecule has 2 atom stereocenters. The van der Waals surface area contributed by atoms with Crippen molar-refractivity contribution in [3.8, 4) is 11.5 Å². The van der Waals surface area contributed by atoms with E-state index in [1.54, 1.807) is 49.8 Å². The Morgan fingerprint density at radius 2 is 1.83 bits per heavy atom. The van der Waals surface area contributed by atoms with Gasteiger partial charge in [-0.3, -0.25) is 20.0 Å². The largest absolute Gasteiger partial charge is 0.545 e. The summed E-state index contributed by atoms with van der Waals surface area (Å²) in [7, 11) is 1.57. The standard InChI is InChI=1S/C39H40Cl2N4O7/c1-50-35-9-7-27(16-36(35)51-23-24-4-5-24)30(17-32-33(40)20-44(49)21-34(32)41)31-15-25(6-8-29(31)38(46)47)19-45(28-3-2-12-42-18-28)39(48)52-37-22-43-13-10-26(37)11-14-43/h2-3,6-9,12,15-16,18,20-21,24,26,30,37H,4-5,10-11,13-14,17,19,22-23H2,1H3,(H-,46,47,49)/t30-,37+/m1/s1. The van der Waals surface area contributed by atoms with Crippen LogP contribution >= 0.6 is 23.2 Å². The highest BCUT2D eigenvalue weighted by Crippen LogP contribution is 2.40. The third kappa shape index (κ3) is 8.06. The number of hydrogen-bond acceptors (Lipinski definition) is 9. The number of methoxy groups -OCH3 is 1. The molecule has 1 saturated carbocycles. The normalized spacial score (nSPS) is 19.9. The summed E-state index contributed by atoms with van der Waals surface area (Å²) >= 11 is 13.3. The summed E-state index contributed by atoms with van der Waals surface area (Å²) in [5, 5.41) is 23.2. The van der Waals surface area contributed by atoms with Crippen molar-refractivity contribution in [2.75, 3.05) is 38.3 Å². The van der Waals surface area contributed by atoms with Crippen molar-refractivity contribution in [1.82, 2.24) is 9.88 Å². The number of anilines is 1. The fourth-order valence-electron chi connectivity index (χ4n) is 7.24. The van der Waals surface area contributed by atoms with Gasteiger partial charge < -0.3 is 24.1 Å². The van der Waals surface area contributed by atoms with E-state index in [1.165, 1.54) is 23.4 Å². The summed E-state index contributed by atoms with van der Waals surface area (Å²) in [5.41, 5.74) is 2.79. The molecule has 0 unspecified atom stereocenters. The minimum atomic E-state index is -1.37. The van der Waals surface area contributed by atoms with Gasteiger partial charge in [0.2, 0.25) is 12.4 Å².